The first-order valence-corrected chi connectivity index (χ1v) is 9.23. The van der Waals surface area contributed by atoms with E-state index in [0.29, 0.717) is 5.69 Å². The van der Waals surface area contributed by atoms with Crippen LogP contribution >= 0.6 is 11.3 Å². The van der Waals surface area contributed by atoms with Crippen molar-refractivity contribution in [1.29, 1.82) is 0 Å². The number of thiophene rings is 1. The van der Waals surface area contributed by atoms with E-state index >= 15 is 0 Å². The van der Waals surface area contributed by atoms with Gasteiger partial charge in [0.15, 0.2) is 17.7 Å². The molecule has 8 heteroatoms. The van der Waals surface area contributed by atoms with E-state index in [0.717, 1.165) is 4.88 Å². The smallest absolute Gasteiger partial charge is 0.266 e. The molecule has 3 aromatic rings. The summed E-state index contributed by atoms with van der Waals surface area (Å²) in [6.07, 6.45) is -0.871. The fourth-order valence-corrected chi connectivity index (χ4v) is 3.07. The number of carbonyl (C=O) groups is 1. The zero-order valence-electron chi connectivity index (χ0n) is 14.6. The molecule has 0 unspecified atom stereocenters. The van der Waals surface area contributed by atoms with Crippen LogP contribution in [0.5, 0.6) is 5.75 Å². The Hall–Kier alpha value is -3.00. The second-order valence-electron chi connectivity index (χ2n) is 5.74. The SMILES string of the molecule is C[C@H](Oc1ccccc1F)C(=O)NCCn1nc(-c2cccs2)ccc1=O. The molecule has 0 spiro atoms. The first-order chi connectivity index (χ1) is 13.0. The standard InChI is InChI=1S/C19H18FN3O3S/c1-13(26-16-6-3-2-5-14(16)20)19(25)21-10-11-23-18(24)9-8-15(22-23)17-7-4-12-27-17/h2-9,12-13H,10-11H2,1H3,(H,21,25)/t13-/m0/s1. The van der Waals surface area contributed by atoms with Crippen molar-refractivity contribution in [3.63, 3.8) is 0 Å². The lowest BCUT2D eigenvalue weighted by atomic mass is 10.3. The van der Waals surface area contributed by atoms with Gasteiger partial charge in [-0.25, -0.2) is 9.07 Å². The monoisotopic (exact) mass is 387 g/mol. The fraction of sp³-hybridized carbons (Fsp3) is 0.211. The lowest BCUT2D eigenvalue weighted by Crippen LogP contribution is -2.39. The average Bonchev–Trinajstić information content (AvgIpc) is 3.19. The highest BCUT2D eigenvalue weighted by atomic mass is 32.1. The van der Waals surface area contributed by atoms with E-state index in [9.17, 15) is 14.0 Å². The van der Waals surface area contributed by atoms with Crippen LogP contribution in [0.4, 0.5) is 4.39 Å². The number of carbonyl (C=O) groups excluding carboxylic acids is 1. The largest absolute Gasteiger partial charge is 0.478 e. The van der Waals surface area contributed by atoms with Crippen LogP contribution in [-0.2, 0) is 11.3 Å². The van der Waals surface area contributed by atoms with Gasteiger partial charge in [-0.15, -0.1) is 11.3 Å². The van der Waals surface area contributed by atoms with Gasteiger partial charge in [0.05, 0.1) is 11.4 Å². The van der Waals surface area contributed by atoms with Crippen molar-refractivity contribution in [2.45, 2.75) is 19.6 Å². The second-order valence-corrected chi connectivity index (χ2v) is 6.69. The number of amides is 1. The molecule has 0 aliphatic rings. The van der Waals surface area contributed by atoms with E-state index in [1.165, 1.54) is 41.1 Å². The van der Waals surface area contributed by atoms with Crippen LogP contribution in [-0.4, -0.2) is 28.3 Å². The summed E-state index contributed by atoms with van der Waals surface area (Å²) >= 11 is 1.53. The van der Waals surface area contributed by atoms with Crippen molar-refractivity contribution in [2.24, 2.45) is 0 Å². The Morgan fingerprint density at radius 2 is 2.07 bits per heavy atom. The van der Waals surface area contributed by atoms with Crippen LogP contribution in [0.1, 0.15) is 6.92 Å². The Labute approximate surface area is 159 Å². The minimum atomic E-state index is -0.871. The van der Waals surface area contributed by atoms with Crippen LogP contribution in [0.15, 0.2) is 58.7 Å². The molecule has 0 saturated heterocycles. The van der Waals surface area contributed by atoms with Crippen LogP contribution in [0.25, 0.3) is 10.6 Å². The molecule has 140 valence electrons. The number of hydrogen-bond acceptors (Lipinski definition) is 5. The Bertz CT molecular complexity index is 972. The van der Waals surface area contributed by atoms with Gasteiger partial charge in [-0.3, -0.25) is 9.59 Å². The van der Waals surface area contributed by atoms with E-state index in [-0.39, 0.29) is 24.4 Å². The van der Waals surface area contributed by atoms with Crippen molar-refractivity contribution in [2.75, 3.05) is 6.54 Å². The van der Waals surface area contributed by atoms with Crippen LogP contribution in [0, 0.1) is 5.82 Å². The molecule has 1 amide bonds. The number of ether oxygens (including phenoxy) is 1. The summed E-state index contributed by atoms with van der Waals surface area (Å²) in [5, 5.41) is 8.92. The molecular weight excluding hydrogens is 369 g/mol. The predicted molar refractivity (Wildman–Crippen MR) is 101 cm³/mol. The normalized spacial score (nSPS) is 11.8. The lowest BCUT2D eigenvalue weighted by Gasteiger charge is -2.15. The van der Waals surface area contributed by atoms with Gasteiger partial charge in [0, 0.05) is 12.6 Å². The molecule has 2 heterocycles. The highest BCUT2D eigenvalue weighted by molar-refractivity contribution is 7.13. The molecular formula is C19H18FN3O3S. The first kappa shape index (κ1) is 18.8. The minimum absolute atomic E-state index is 0.0154. The third-order valence-corrected chi connectivity index (χ3v) is 4.67. The summed E-state index contributed by atoms with van der Waals surface area (Å²) in [5.41, 5.74) is 0.451. The molecule has 0 fully saturated rings. The predicted octanol–water partition coefficient (Wildman–Crippen LogP) is 2.69. The molecule has 0 radical (unpaired) electrons. The second kappa shape index (κ2) is 8.59. The van der Waals surface area contributed by atoms with Gasteiger partial charge in [-0.1, -0.05) is 18.2 Å². The molecule has 3 rings (SSSR count). The Balaban J connectivity index is 1.56. The van der Waals surface area contributed by atoms with Gasteiger partial charge in [0.1, 0.15) is 5.69 Å². The van der Waals surface area contributed by atoms with E-state index in [1.807, 2.05) is 17.5 Å². The van der Waals surface area contributed by atoms with Crippen molar-refractivity contribution in [1.82, 2.24) is 15.1 Å². The Morgan fingerprint density at radius 3 is 2.81 bits per heavy atom. The summed E-state index contributed by atoms with van der Waals surface area (Å²) in [5.74, 6) is -0.916. The lowest BCUT2D eigenvalue weighted by molar-refractivity contribution is -0.127. The number of para-hydroxylation sites is 1. The van der Waals surface area contributed by atoms with Gasteiger partial charge in [-0.05, 0) is 36.6 Å². The average molecular weight is 387 g/mol. The van der Waals surface area contributed by atoms with Gasteiger partial charge >= 0.3 is 0 Å². The van der Waals surface area contributed by atoms with E-state index in [2.05, 4.69) is 10.4 Å². The molecule has 1 atom stereocenters. The summed E-state index contributed by atoms with van der Waals surface area (Å²) in [6.45, 7) is 1.95. The zero-order chi connectivity index (χ0) is 19.2. The van der Waals surface area contributed by atoms with E-state index in [1.54, 1.807) is 18.2 Å². The summed E-state index contributed by atoms with van der Waals surface area (Å²) in [7, 11) is 0. The molecule has 6 nitrogen and oxygen atoms in total. The van der Waals surface area contributed by atoms with Crippen LogP contribution in [0.3, 0.4) is 0 Å². The third kappa shape index (κ3) is 4.79. The first-order valence-electron chi connectivity index (χ1n) is 8.35. The molecule has 2 aromatic heterocycles. The Morgan fingerprint density at radius 1 is 1.26 bits per heavy atom. The highest BCUT2D eigenvalue weighted by Gasteiger charge is 2.16. The molecule has 0 aliphatic carbocycles. The molecule has 0 aliphatic heterocycles. The van der Waals surface area contributed by atoms with Gasteiger partial charge in [0.25, 0.3) is 11.5 Å². The fourth-order valence-electron chi connectivity index (χ4n) is 2.38. The number of nitrogens with one attached hydrogen (secondary N) is 1. The maximum absolute atomic E-state index is 13.6. The third-order valence-electron chi connectivity index (χ3n) is 3.77. The van der Waals surface area contributed by atoms with Crippen molar-refractivity contribution >= 4 is 17.2 Å². The Kier molecular flexibility index (Phi) is 5.97. The zero-order valence-corrected chi connectivity index (χ0v) is 15.4. The quantitative estimate of drug-likeness (QED) is 0.677. The van der Waals surface area contributed by atoms with E-state index < -0.39 is 17.8 Å². The number of hydrogen-bond donors (Lipinski definition) is 1. The van der Waals surface area contributed by atoms with Crippen molar-refractivity contribution in [3.8, 4) is 16.3 Å². The van der Waals surface area contributed by atoms with Gasteiger partial charge < -0.3 is 10.1 Å². The van der Waals surface area contributed by atoms with Gasteiger partial charge in [0.2, 0.25) is 0 Å². The summed E-state index contributed by atoms with van der Waals surface area (Å²) in [4.78, 5) is 25.0. The topological polar surface area (TPSA) is 73.2 Å². The molecule has 1 N–H and O–H groups in total. The maximum atomic E-state index is 13.6. The number of halogens is 1. The molecule has 0 bridgehead atoms. The highest BCUT2D eigenvalue weighted by Crippen LogP contribution is 2.21. The summed E-state index contributed by atoms with van der Waals surface area (Å²) < 4.78 is 20.2. The van der Waals surface area contributed by atoms with Crippen molar-refractivity contribution in [3.05, 3.63) is 70.1 Å². The van der Waals surface area contributed by atoms with Crippen LogP contribution in [0.2, 0.25) is 0 Å². The number of rotatable bonds is 7. The van der Waals surface area contributed by atoms with Gasteiger partial charge in [-0.2, -0.15) is 5.10 Å². The minimum Gasteiger partial charge on any atom is -0.478 e. The number of benzene rings is 1. The number of nitrogens with zero attached hydrogens (tertiary/aromatic N) is 2. The maximum Gasteiger partial charge on any atom is 0.266 e. The summed E-state index contributed by atoms with van der Waals surface area (Å²) in [6, 6.07) is 12.8. The molecule has 1 aromatic carbocycles. The van der Waals surface area contributed by atoms with E-state index in [4.69, 9.17) is 4.74 Å². The molecule has 27 heavy (non-hydrogen) atoms. The van der Waals surface area contributed by atoms with Crippen LogP contribution < -0.4 is 15.6 Å². The number of aromatic nitrogens is 2. The molecule has 0 saturated carbocycles. The van der Waals surface area contributed by atoms with Crippen molar-refractivity contribution < 1.29 is 13.9 Å².